The molecule has 1 saturated heterocycles. The lowest BCUT2D eigenvalue weighted by atomic mass is 9.90. The Morgan fingerprint density at radius 2 is 1.96 bits per heavy atom. The summed E-state index contributed by atoms with van der Waals surface area (Å²) < 4.78 is 13.6. The van der Waals surface area contributed by atoms with Crippen LogP contribution in [-0.4, -0.2) is 29.7 Å². The maximum Gasteiger partial charge on any atom is 0.246 e. The Morgan fingerprint density at radius 3 is 2.73 bits per heavy atom. The van der Waals surface area contributed by atoms with Crippen molar-refractivity contribution in [3.05, 3.63) is 76.6 Å². The summed E-state index contributed by atoms with van der Waals surface area (Å²) in [6, 6.07) is 13.2. The van der Waals surface area contributed by atoms with E-state index in [0.717, 1.165) is 12.8 Å². The van der Waals surface area contributed by atoms with Gasteiger partial charge in [0.25, 0.3) is 0 Å². The quantitative estimate of drug-likeness (QED) is 0.581. The molecular weight excluding hydrogens is 353 g/mol. The average molecular weight is 372 g/mol. The average Bonchev–Trinajstić information content (AvgIpc) is 2.66. The normalized spacial score (nSPS) is 17.5. The fraction of sp³-hybridized carbons (Fsp3) is 0.238. The van der Waals surface area contributed by atoms with E-state index in [-0.39, 0.29) is 23.4 Å². The largest absolute Gasteiger partial charge is 0.338 e. The van der Waals surface area contributed by atoms with Crippen molar-refractivity contribution < 1.29 is 14.0 Å². The third kappa shape index (κ3) is 4.38. The van der Waals surface area contributed by atoms with Crippen molar-refractivity contribution in [3.63, 3.8) is 0 Å². The minimum atomic E-state index is -0.371. The minimum absolute atomic E-state index is 0.00286. The summed E-state index contributed by atoms with van der Waals surface area (Å²) >= 11 is 5.96. The number of nitrogens with zero attached hydrogens (tertiary/aromatic N) is 1. The van der Waals surface area contributed by atoms with E-state index in [0.29, 0.717) is 29.2 Å². The fourth-order valence-electron chi connectivity index (χ4n) is 3.15. The molecule has 0 N–H and O–H groups in total. The van der Waals surface area contributed by atoms with Crippen LogP contribution in [0.4, 0.5) is 4.39 Å². The summed E-state index contributed by atoms with van der Waals surface area (Å²) in [6.07, 6.45) is 4.34. The number of benzene rings is 2. The summed E-state index contributed by atoms with van der Waals surface area (Å²) in [7, 11) is 0. The summed E-state index contributed by atoms with van der Waals surface area (Å²) in [4.78, 5) is 26.8. The van der Waals surface area contributed by atoms with E-state index in [9.17, 15) is 14.0 Å². The van der Waals surface area contributed by atoms with Gasteiger partial charge in [-0.05, 0) is 37.1 Å². The zero-order valence-electron chi connectivity index (χ0n) is 14.2. The molecule has 2 aromatic carbocycles. The van der Waals surface area contributed by atoms with E-state index in [1.807, 2.05) is 0 Å². The third-order valence-electron chi connectivity index (χ3n) is 4.52. The zero-order valence-corrected chi connectivity index (χ0v) is 15.0. The molecule has 5 heteroatoms. The predicted octanol–water partition coefficient (Wildman–Crippen LogP) is 4.61. The highest BCUT2D eigenvalue weighted by atomic mass is 35.5. The number of piperidine rings is 1. The molecule has 3 nitrogen and oxygen atoms in total. The van der Waals surface area contributed by atoms with Gasteiger partial charge in [-0.1, -0.05) is 41.9 Å². The van der Waals surface area contributed by atoms with Crippen LogP contribution in [-0.2, 0) is 4.79 Å². The lowest BCUT2D eigenvalue weighted by molar-refractivity contribution is -0.127. The van der Waals surface area contributed by atoms with Crippen LogP contribution in [0.25, 0.3) is 6.08 Å². The number of carbonyl (C=O) groups excluding carboxylic acids is 2. The van der Waals surface area contributed by atoms with Gasteiger partial charge in [0.2, 0.25) is 5.91 Å². The van der Waals surface area contributed by atoms with E-state index in [4.69, 9.17) is 11.6 Å². The lowest BCUT2D eigenvalue weighted by Crippen LogP contribution is -2.41. The molecule has 0 unspecified atom stereocenters. The van der Waals surface area contributed by atoms with Crippen molar-refractivity contribution in [3.8, 4) is 0 Å². The Labute approximate surface area is 157 Å². The molecule has 1 aliphatic heterocycles. The smallest absolute Gasteiger partial charge is 0.246 e. The van der Waals surface area contributed by atoms with Crippen molar-refractivity contribution in [2.24, 2.45) is 5.92 Å². The van der Waals surface area contributed by atoms with E-state index < -0.39 is 0 Å². The molecule has 0 bridgehead atoms. The monoisotopic (exact) mass is 371 g/mol. The first kappa shape index (κ1) is 18.3. The van der Waals surface area contributed by atoms with Crippen LogP contribution in [0.2, 0.25) is 5.02 Å². The Bertz CT molecular complexity index is 849. The molecule has 1 fully saturated rings. The highest BCUT2D eigenvalue weighted by molar-refractivity contribution is 6.31. The van der Waals surface area contributed by atoms with Crippen LogP contribution in [0.5, 0.6) is 0 Å². The molecule has 26 heavy (non-hydrogen) atoms. The number of rotatable bonds is 4. The van der Waals surface area contributed by atoms with E-state index in [1.54, 1.807) is 47.4 Å². The molecule has 1 atom stereocenters. The molecular formula is C21H19ClFNO2. The van der Waals surface area contributed by atoms with Crippen molar-refractivity contribution >= 4 is 29.4 Å². The van der Waals surface area contributed by atoms with Crippen LogP contribution in [0, 0.1) is 11.7 Å². The summed E-state index contributed by atoms with van der Waals surface area (Å²) in [5.74, 6) is -0.822. The second-order valence-corrected chi connectivity index (χ2v) is 6.79. The van der Waals surface area contributed by atoms with Gasteiger partial charge >= 0.3 is 0 Å². The highest BCUT2D eigenvalue weighted by Gasteiger charge is 2.28. The standard InChI is InChI=1S/C21H19ClFNO2/c22-18-8-3-6-16(13-18)21(26)17-7-4-12-24(14-17)20(25)11-10-15-5-1-2-9-19(15)23/h1-3,5-6,8-11,13,17H,4,7,12,14H2/b11-10+/t17-/m1/s1. The van der Waals surface area contributed by atoms with Gasteiger partial charge in [0.05, 0.1) is 0 Å². The van der Waals surface area contributed by atoms with E-state index in [2.05, 4.69) is 0 Å². The van der Waals surface area contributed by atoms with Crippen molar-refractivity contribution in [1.82, 2.24) is 4.90 Å². The molecule has 2 aromatic rings. The molecule has 134 valence electrons. The summed E-state index contributed by atoms with van der Waals surface area (Å²) in [5.41, 5.74) is 0.933. The van der Waals surface area contributed by atoms with Crippen LogP contribution in [0.3, 0.4) is 0 Å². The number of Topliss-reactive ketones (excluding diaryl/α,β-unsaturated/α-hetero) is 1. The van der Waals surface area contributed by atoms with Gasteiger partial charge < -0.3 is 4.90 Å². The number of ketones is 1. The number of halogens is 2. The van der Waals surface area contributed by atoms with Gasteiger partial charge in [0.1, 0.15) is 5.82 Å². The SMILES string of the molecule is O=C(c1cccc(Cl)c1)[C@@H]1CCCN(C(=O)/C=C/c2ccccc2F)C1. The molecule has 0 aromatic heterocycles. The Kier molecular flexibility index (Phi) is 5.84. The highest BCUT2D eigenvalue weighted by Crippen LogP contribution is 2.23. The number of amides is 1. The summed E-state index contributed by atoms with van der Waals surface area (Å²) in [6.45, 7) is 0.964. The first-order valence-electron chi connectivity index (χ1n) is 8.56. The topological polar surface area (TPSA) is 37.4 Å². The molecule has 0 spiro atoms. The van der Waals surface area contributed by atoms with E-state index in [1.165, 1.54) is 18.2 Å². The molecule has 0 aliphatic carbocycles. The van der Waals surface area contributed by atoms with Crippen LogP contribution < -0.4 is 0 Å². The second kappa shape index (κ2) is 8.28. The number of carbonyl (C=O) groups is 2. The maximum absolute atomic E-state index is 13.6. The Balaban J connectivity index is 1.67. The van der Waals surface area contributed by atoms with Gasteiger partial charge in [-0.2, -0.15) is 0 Å². The first-order chi connectivity index (χ1) is 12.5. The molecule has 1 amide bonds. The Hall–Kier alpha value is -2.46. The molecule has 3 rings (SSSR count). The second-order valence-electron chi connectivity index (χ2n) is 6.35. The van der Waals surface area contributed by atoms with Gasteiger partial charge in [-0.3, -0.25) is 9.59 Å². The van der Waals surface area contributed by atoms with Crippen LogP contribution in [0.1, 0.15) is 28.8 Å². The minimum Gasteiger partial charge on any atom is -0.338 e. The van der Waals surface area contributed by atoms with Crippen LogP contribution >= 0.6 is 11.6 Å². The molecule has 0 saturated carbocycles. The molecule has 1 heterocycles. The van der Waals surface area contributed by atoms with Crippen molar-refractivity contribution in [2.45, 2.75) is 12.8 Å². The Morgan fingerprint density at radius 1 is 1.15 bits per heavy atom. The number of hydrogen-bond acceptors (Lipinski definition) is 2. The maximum atomic E-state index is 13.6. The third-order valence-corrected chi connectivity index (χ3v) is 4.76. The predicted molar refractivity (Wildman–Crippen MR) is 101 cm³/mol. The van der Waals surface area contributed by atoms with Crippen molar-refractivity contribution in [2.75, 3.05) is 13.1 Å². The van der Waals surface area contributed by atoms with Crippen molar-refractivity contribution in [1.29, 1.82) is 0 Å². The van der Waals surface area contributed by atoms with Crippen LogP contribution in [0.15, 0.2) is 54.6 Å². The van der Waals surface area contributed by atoms with E-state index >= 15 is 0 Å². The first-order valence-corrected chi connectivity index (χ1v) is 8.93. The number of hydrogen-bond donors (Lipinski definition) is 0. The fourth-order valence-corrected chi connectivity index (χ4v) is 3.34. The lowest BCUT2D eigenvalue weighted by Gasteiger charge is -2.31. The van der Waals surface area contributed by atoms with Gasteiger partial charge in [-0.15, -0.1) is 0 Å². The molecule has 1 aliphatic rings. The number of likely N-dealkylation sites (tertiary alicyclic amines) is 1. The van der Waals surface area contributed by atoms with Gasteiger partial charge in [0.15, 0.2) is 5.78 Å². The van der Waals surface area contributed by atoms with Gasteiger partial charge in [0, 0.05) is 41.2 Å². The molecule has 0 radical (unpaired) electrons. The summed E-state index contributed by atoms with van der Waals surface area (Å²) in [5, 5.41) is 0.521. The van der Waals surface area contributed by atoms with Gasteiger partial charge in [-0.25, -0.2) is 4.39 Å². The zero-order chi connectivity index (χ0) is 18.5.